The molecule has 3 heterocycles. The number of phenols is 1. The molecule has 0 saturated heterocycles. The van der Waals surface area contributed by atoms with Crippen molar-refractivity contribution >= 4 is 28.4 Å². The van der Waals surface area contributed by atoms with Crippen LogP contribution in [-0.2, 0) is 5.41 Å². The van der Waals surface area contributed by atoms with Crippen molar-refractivity contribution in [3.05, 3.63) is 133 Å². The second-order valence-electron chi connectivity index (χ2n) is 15.5. The molecule has 0 fully saturated rings. The van der Waals surface area contributed by atoms with Crippen LogP contribution in [0.5, 0.6) is 17.2 Å². The molecule has 6 heteroatoms. The fourth-order valence-electron chi connectivity index (χ4n) is 6.88. The Kier molecular flexibility index (Phi) is 7.87. The van der Waals surface area contributed by atoms with E-state index in [0.717, 1.165) is 67.2 Å². The fraction of sp³-hybridized carbons (Fsp3) is 0.156. The molecule has 0 radical (unpaired) electrons. The van der Waals surface area contributed by atoms with E-state index in [1.807, 2.05) is 30.5 Å². The molecule has 1 N–H and O–H groups in total. The van der Waals surface area contributed by atoms with Gasteiger partial charge in [0, 0.05) is 11.8 Å². The molecule has 0 aliphatic carbocycles. The summed E-state index contributed by atoms with van der Waals surface area (Å²) < 4.78 is 22.7. The van der Waals surface area contributed by atoms with Crippen molar-refractivity contribution in [2.75, 3.05) is 0 Å². The van der Waals surface area contributed by atoms with E-state index < -0.39 is 19.1 Å². The first kappa shape index (κ1) is 32.9. The van der Waals surface area contributed by atoms with Gasteiger partial charge in [0.25, 0.3) is 0 Å². The van der Waals surface area contributed by atoms with E-state index >= 15 is 0 Å². The zero-order valence-electron chi connectivity index (χ0n) is 29.7. The number of hydrogen-bond acceptors (Lipinski definition) is 4. The third-order valence-electron chi connectivity index (χ3n) is 9.77. The van der Waals surface area contributed by atoms with E-state index in [9.17, 15) is 9.50 Å². The van der Waals surface area contributed by atoms with Crippen molar-refractivity contribution in [2.45, 2.75) is 43.5 Å². The molecule has 1 aliphatic rings. The molecule has 0 atom stereocenters. The van der Waals surface area contributed by atoms with Crippen molar-refractivity contribution in [2.24, 2.45) is 0 Å². The summed E-state index contributed by atoms with van der Waals surface area (Å²) in [6.45, 7) is 6.60. The van der Waals surface area contributed by atoms with E-state index in [1.54, 1.807) is 0 Å². The molecular weight excluding hydrogens is 692 g/mol. The molecule has 0 amide bonds. The van der Waals surface area contributed by atoms with Gasteiger partial charge in [-0.3, -0.25) is 4.98 Å². The Bertz CT molecular complexity index is 2480. The summed E-state index contributed by atoms with van der Waals surface area (Å²) in [6.07, 6.45) is 1.86. The molecule has 5 aromatic carbocycles. The van der Waals surface area contributed by atoms with Crippen LogP contribution in [0.2, 0.25) is 17.3 Å². The van der Waals surface area contributed by atoms with Gasteiger partial charge < -0.3 is 0 Å². The van der Waals surface area contributed by atoms with Crippen molar-refractivity contribution in [1.82, 2.24) is 9.97 Å². The molecule has 0 unspecified atom stereocenters. The van der Waals surface area contributed by atoms with E-state index in [2.05, 4.69) is 117 Å². The number of aromatic nitrogens is 2. The first-order chi connectivity index (χ1) is 24.3. The zero-order valence-corrected chi connectivity index (χ0v) is 31.8. The molecule has 2 aromatic heterocycles. The maximum atomic E-state index is 14.8. The number of ether oxygens (including phenoxy) is 1. The van der Waals surface area contributed by atoms with E-state index in [0.29, 0.717) is 17.0 Å². The first-order valence-corrected chi connectivity index (χ1v) is 24.6. The SMILES string of the molecule is CC(C)(C)c1cc(-c2cc(-c3ccccc3)ccn2)cc(-c2cc3ccc(-c4cc[c]([Ge]([CH3])([CH3])[CH3])cc4)c4c3c(n2)-c2c(O)cc(F)cc2O4)c1. The van der Waals surface area contributed by atoms with Crippen LogP contribution in [0.3, 0.4) is 0 Å². The average Bonchev–Trinajstić information content (AvgIpc) is 3.11. The number of aromatic hydroxyl groups is 1. The number of benzene rings is 5. The first-order valence-electron chi connectivity index (χ1n) is 17.3. The van der Waals surface area contributed by atoms with Crippen LogP contribution < -0.4 is 9.13 Å². The van der Waals surface area contributed by atoms with Crippen LogP contribution in [-0.4, -0.2) is 28.3 Å². The van der Waals surface area contributed by atoms with Gasteiger partial charge in [0.2, 0.25) is 0 Å². The van der Waals surface area contributed by atoms with Crippen LogP contribution in [0.15, 0.2) is 121 Å². The molecule has 8 rings (SSSR count). The summed E-state index contributed by atoms with van der Waals surface area (Å²) in [5, 5.41) is 12.9. The van der Waals surface area contributed by atoms with Gasteiger partial charge in [-0.15, -0.1) is 0 Å². The summed E-state index contributed by atoms with van der Waals surface area (Å²) in [7, 11) is 0. The summed E-state index contributed by atoms with van der Waals surface area (Å²) in [4.78, 5) is 10.1. The maximum absolute atomic E-state index is 14.8. The number of fused-ring (bicyclic) bond motifs is 2. The number of rotatable bonds is 5. The number of nitrogens with zero attached hydrogens (tertiary/aromatic N) is 2. The normalized spacial score (nSPS) is 12.5. The minimum absolute atomic E-state index is 0.156. The third-order valence-corrected chi connectivity index (χ3v) is 14.1. The average molecular weight is 731 g/mol. The van der Waals surface area contributed by atoms with Gasteiger partial charge in [-0.1, -0.05) is 51.1 Å². The molecule has 0 bridgehead atoms. The molecule has 0 saturated carbocycles. The molecule has 1 aliphatic heterocycles. The summed E-state index contributed by atoms with van der Waals surface area (Å²) in [5.74, 6) is 7.20. The summed E-state index contributed by atoms with van der Waals surface area (Å²) >= 11 is -2.02. The molecular formula is C45H39FGeN2O2. The molecule has 51 heavy (non-hydrogen) atoms. The number of pyridine rings is 2. The van der Waals surface area contributed by atoms with Crippen LogP contribution in [0.25, 0.3) is 66.8 Å². The molecule has 0 spiro atoms. The standard InChI is InChI=1S/C45H39FGeN2O2/c1-45(2,3)33-21-31(37-23-29(18-19-48-37)27-10-8-7-9-11-27)20-32(22-33)38-24-30-14-17-36(28-12-15-35(16-13-28)47(4,5)6)44-41(30)43(49-38)42-39(50)25-34(46)26-40(42)51-44/h7-26,50H,1-6H3. The zero-order chi connectivity index (χ0) is 35.7. The topological polar surface area (TPSA) is 55.2 Å². The van der Waals surface area contributed by atoms with Crippen molar-refractivity contribution in [1.29, 1.82) is 0 Å². The van der Waals surface area contributed by atoms with Crippen molar-refractivity contribution in [3.63, 3.8) is 0 Å². The Labute approximate surface area is 301 Å². The van der Waals surface area contributed by atoms with Crippen LogP contribution in [0.1, 0.15) is 26.3 Å². The number of hydrogen-bond donors (Lipinski definition) is 1. The van der Waals surface area contributed by atoms with Crippen LogP contribution in [0.4, 0.5) is 4.39 Å². The van der Waals surface area contributed by atoms with Crippen molar-refractivity contribution < 1.29 is 14.2 Å². The van der Waals surface area contributed by atoms with Gasteiger partial charge in [0.15, 0.2) is 0 Å². The van der Waals surface area contributed by atoms with Gasteiger partial charge in [-0.25, -0.2) is 0 Å². The third kappa shape index (κ3) is 6.10. The van der Waals surface area contributed by atoms with Crippen LogP contribution in [0, 0.1) is 5.82 Å². The quantitative estimate of drug-likeness (QED) is 0.179. The second-order valence-corrected chi connectivity index (χ2v) is 26.1. The Morgan fingerprint density at radius 1 is 0.686 bits per heavy atom. The van der Waals surface area contributed by atoms with Gasteiger partial charge in [-0.05, 0) is 40.3 Å². The molecule has 252 valence electrons. The van der Waals surface area contributed by atoms with Crippen molar-refractivity contribution in [3.8, 4) is 73.3 Å². The summed E-state index contributed by atoms with van der Waals surface area (Å²) in [5.41, 5.74) is 9.56. The minimum atomic E-state index is -2.02. The van der Waals surface area contributed by atoms with Gasteiger partial charge in [0.1, 0.15) is 0 Å². The predicted octanol–water partition coefficient (Wildman–Crippen LogP) is 11.8. The number of phenolic OH excluding ortho intramolecular Hbond substituents is 1. The molecule has 7 aromatic rings. The van der Waals surface area contributed by atoms with Gasteiger partial charge in [0.05, 0.1) is 5.69 Å². The monoisotopic (exact) mass is 732 g/mol. The summed E-state index contributed by atoms with van der Waals surface area (Å²) in [6, 6.07) is 38.4. The van der Waals surface area contributed by atoms with Gasteiger partial charge in [-0.2, -0.15) is 0 Å². The van der Waals surface area contributed by atoms with Gasteiger partial charge >= 0.3 is 188 Å². The Hall–Kier alpha value is -5.27. The van der Waals surface area contributed by atoms with E-state index in [4.69, 9.17) is 14.7 Å². The number of halogens is 1. The molecule has 4 nitrogen and oxygen atoms in total. The Morgan fingerprint density at radius 2 is 1.41 bits per heavy atom. The van der Waals surface area contributed by atoms with E-state index in [1.165, 1.54) is 10.5 Å². The van der Waals surface area contributed by atoms with E-state index in [-0.39, 0.29) is 16.9 Å². The second kappa shape index (κ2) is 12.2. The predicted molar refractivity (Wildman–Crippen MR) is 210 cm³/mol. The Morgan fingerprint density at radius 3 is 2.12 bits per heavy atom. The fourth-order valence-corrected chi connectivity index (χ4v) is 9.33. The Balaban J connectivity index is 1.34. The van der Waals surface area contributed by atoms with Crippen LogP contribution >= 0.6 is 0 Å².